The maximum absolute atomic E-state index is 14.6. The maximum atomic E-state index is 14.6. The van der Waals surface area contributed by atoms with Crippen molar-refractivity contribution in [1.82, 2.24) is 20.1 Å². The topological polar surface area (TPSA) is 142 Å². The molecule has 11 heteroatoms. The first-order chi connectivity index (χ1) is 21.7. The largest absolute Gasteiger partial charge is 0.493 e. The van der Waals surface area contributed by atoms with Gasteiger partial charge in [0.15, 0.2) is 11.6 Å². The number of nitrogens with one attached hydrogen (secondary N) is 1. The number of hydrogen-bond donors (Lipinski definition) is 2. The van der Waals surface area contributed by atoms with Gasteiger partial charge in [-0.25, -0.2) is 4.79 Å². The van der Waals surface area contributed by atoms with Gasteiger partial charge in [-0.1, -0.05) is 6.07 Å². The van der Waals surface area contributed by atoms with Crippen LogP contribution < -0.4 is 19.5 Å². The lowest BCUT2D eigenvalue weighted by Crippen LogP contribution is -2.58. The van der Waals surface area contributed by atoms with Crippen LogP contribution in [0.3, 0.4) is 0 Å². The Morgan fingerprint density at radius 1 is 0.978 bits per heavy atom. The molecule has 0 aliphatic carbocycles. The lowest BCUT2D eigenvalue weighted by atomic mass is 9.70. The van der Waals surface area contributed by atoms with Crippen molar-refractivity contribution < 1.29 is 33.7 Å². The third kappa shape index (κ3) is 5.55. The Morgan fingerprint density at radius 3 is 2.31 bits per heavy atom. The molecule has 0 radical (unpaired) electrons. The van der Waals surface area contributed by atoms with Crippen molar-refractivity contribution >= 4 is 17.5 Å². The van der Waals surface area contributed by atoms with Crippen LogP contribution in [-0.2, 0) is 7.05 Å². The summed E-state index contributed by atoms with van der Waals surface area (Å²) in [5, 5.41) is 17.1. The van der Waals surface area contributed by atoms with Gasteiger partial charge in [-0.05, 0) is 62.8 Å². The van der Waals surface area contributed by atoms with Crippen molar-refractivity contribution in [2.75, 3.05) is 26.3 Å². The number of nitrogens with zero attached hydrogens (tertiary/aromatic N) is 3. The lowest BCUT2D eigenvalue weighted by molar-refractivity contribution is -0.0138. The Morgan fingerprint density at radius 2 is 1.69 bits per heavy atom. The number of carbonyl (C=O) groups excluding carboxylic acids is 2. The maximum Gasteiger partial charge on any atom is 0.337 e. The highest BCUT2D eigenvalue weighted by molar-refractivity contribution is 6.19. The predicted molar refractivity (Wildman–Crippen MR) is 165 cm³/mol. The van der Waals surface area contributed by atoms with Crippen molar-refractivity contribution in [3.05, 3.63) is 77.9 Å². The summed E-state index contributed by atoms with van der Waals surface area (Å²) in [6, 6.07) is 9.98. The van der Waals surface area contributed by atoms with Gasteiger partial charge in [-0.15, -0.1) is 0 Å². The Hall–Kier alpha value is -5.03. The Bertz CT molecular complexity index is 1760. The van der Waals surface area contributed by atoms with Crippen molar-refractivity contribution in [2.45, 2.75) is 32.3 Å². The summed E-state index contributed by atoms with van der Waals surface area (Å²) in [7, 11) is 1.82. The first-order valence-electron chi connectivity index (χ1n) is 15.0. The number of benzene rings is 2. The van der Waals surface area contributed by atoms with Crippen molar-refractivity contribution in [2.24, 2.45) is 13.0 Å². The molecule has 4 aromatic rings. The molecule has 11 nitrogen and oxygen atoms in total. The van der Waals surface area contributed by atoms with Crippen LogP contribution >= 0.6 is 0 Å². The molecule has 1 spiro atoms. The van der Waals surface area contributed by atoms with Gasteiger partial charge in [-0.3, -0.25) is 19.3 Å². The van der Waals surface area contributed by atoms with Crippen LogP contribution in [0.25, 0.3) is 22.3 Å². The fourth-order valence-electron chi connectivity index (χ4n) is 6.25. The minimum atomic E-state index is -1.13. The third-order valence-electron chi connectivity index (χ3n) is 8.32. The van der Waals surface area contributed by atoms with Crippen LogP contribution in [0.5, 0.6) is 17.2 Å². The van der Waals surface area contributed by atoms with Crippen LogP contribution in [0.2, 0.25) is 0 Å². The number of Topliss-reactive ketones (excluding diaryl/α,β-unsaturated/α-hetero) is 2. The zero-order chi connectivity index (χ0) is 31.7. The summed E-state index contributed by atoms with van der Waals surface area (Å²) < 4.78 is 20.4. The summed E-state index contributed by atoms with van der Waals surface area (Å²) in [5.74, 6) is -1.65. The van der Waals surface area contributed by atoms with Gasteiger partial charge in [0.2, 0.25) is 0 Å². The van der Waals surface area contributed by atoms with E-state index in [1.54, 1.807) is 41.2 Å². The van der Waals surface area contributed by atoms with Crippen LogP contribution in [0.15, 0.2) is 61.2 Å². The predicted octanol–water partition coefficient (Wildman–Crippen LogP) is 4.84. The molecular weight excluding hydrogens is 576 g/mol. The molecule has 232 valence electrons. The number of ether oxygens (including phenoxy) is 3. The summed E-state index contributed by atoms with van der Waals surface area (Å²) in [6.45, 7) is 5.61. The van der Waals surface area contributed by atoms with Gasteiger partial charge in [0.25, 0.3) is 0 Å². The number of pyridine rings is 1. The molecule has 2 aromatic heterocycles. The van der Waals surface area contributed by atoms with E-state index in [-0.39, 0.29) is 28.3 Å². The normalized spacial score (nSPS) is 17.0. The van der Waals surface area contributed by atoms with Gasteiger partial charge < -0.3 is 24.6 Å². The average molecular weight is 611 g/mol. The van der Waals surface area contributed by atoms with Gasteiger partial charge in [0.1, 0.15) is 28.8 Å². The summed E-state index contributed by atoms with van der Waals surface area (Å²) in [4.78, 5) is 44.7. The standard InChI is InChI=1S/C34H34N4O7/c1-4-43-27-14-21(15-28(44-5-2)29(27)24-18-37-38(3)19-24)31(39)30-32(40)25-13-20(22-12-23(33(41)42)17-36-16-22)6-7-26(25)45-34(30)8-10-35-11-9-34/h6-7,12-19,30,35H,4-5,8-11H2,1-3H3,(H,41,42)/t30-/m1/s1. The molecule has 4 heterocycles. The van der Waals surface area contributed by atoms with E-state index in [4.69, 9.17) is 14.2 Å². The quantitative estimate of drug-likeness (QED) is 0.200. The molecular formula is C34H34N4O7. The number of carboxylic acid groups (broad SMARTS) is 1. The van der Waals surface area contributed by atoms with Crippen LogP contribution in [0, 0.1) is 5.92 Å². The second-order valence-corrected chi connectivity index (χ2v) is 11.2. The number of hydrogen-bond acceptors (Lipinski definition) is 9. The molecule has 2 N–H and O–H groups in total. The summed E-state index contributed by atoms with van der Waals surface area (Å²) in [6.07, 6.45) is 7.28. The van der Waals surface area contributed by atoms with Crippen LogP contribution in [0.1, 0.15) is 57.8 Å². The zero-order valence-electron chi connectivity index (χ0n) is 25.3. The Balaban J connectivity index is 1.46. The van der Waals surface area contributed by atoms with E-state index in [1.807, 2.05) is 27.1 Å². The molecule has 1 fully saturated rings. The Kier molecular flexibility index (Phi) is 8.11. The number of aromatic carboxylic acids is 1. The zero-order valence-corrected chi connectivity index (χ0v) is 25.3. The van der Waals surface area contributed by atoms with Crippen molar-refractivity contribution in [1.29, 1.82) is 0 Å². The smallest absolute Gasteiger partial charge is 0.337 e. The van der Waals surface area contributed by atoms with Crippen molar-refractivity contribution in [3.8, 4) is 39.5 Å². The first kappa shape index (κ1) is 30.0. The highest BCUT2D eigenvalue weighted by Gasteiger charge is 2.54. The molecule has 1 atom stereocenters. The number of aromatic nitrogens is 3. The molecule has 1 saturated heterocycles. The van der Waals surface area contributed by atoms with E-state index in [9.17, 15) is 19.5 Å². The number of fused-ring (bicyclic) bond motifs is 1. The molecule has 0 amide bonds. The molecule has 2 aromatic carbocycles. The van der Waals surface area contributed by atoms with Gasteiger partial charge >= 0.3 is 5.97 Å². The number of rotatable bonds is 9. The van der Waals surface area contributed by atoms with Gasteiger partial charge in [0, 0.05) is 55.2 Å². The van der Waals surface area contributed by atoms with Gasteiger partial charge in [0.05, 0.1) is 36.1 Å². The third-order valence-corrected chi connectivity index (χ3v) is 8.32. The second kappa shape index (κ2) is 12.2. The number of ketones is 2. The number of aryl methyl sites for hydroxylation is 1. The fraction of sp³-hybridized carbons (Fsp3) is 0.324. The average Bonchev–Trinajstić information content (AvgIpc) is 3.47. The van der Waals surface area contributed by atoms with E-state index < -0.39 is 17.5 Å². The van der Waals surface area contributed by atoms with Crippen molar-refractivity contribution in [3.63, 3.8) is 0 Å². The molecule has 2 aliphatic heterocycles. The van der Waals surface area contributed by atoms with Crippen LogP contribution in [-0.4, -0.2) is 69.3 Å². The number of piperidine rings is 1. The molecule has 2 aliphatic rings. The minimum Gasteiger partial charge on any atom is -0.493 e. The lowest BCUT2D eigenvalue weighted by Gasteiger charge is -2.45. The van der Waals surface area contributed by atoms with E-state index in [1.165, 1.54) is 18.5 Å². The summed E-state index contributed by atoms with van der Waals surface area (Å²) >= 11 is 0. The van der Waals surface area contributed by atoms with E-state index in [0.29, 0.717) is 73.1 Å². The van der Waals surface area contributed by atoms with E-state index in [0.717, 1.165) is 5.56 Å². The van der Waals surface area contributed by atoms with Crippen LogP contribution in [0.4, 0.5) is 0 Å². The molecule has 6 rings (SSSR count). The molecule has 45 heavy (non-hydrogen) atoms. The fourth-order valence-corrected chi connectivity index (χ4v) is 6.25. The number of carboxylic acids is 1. The molecule has 0 bridgehead atoms. The highest BCUT2D eigenvalue weighted by Crippen LogP contribution is 2.46. The molecule has 0 saturated carbocycles. The minimum absolute atomic E-state index is 0.0273. The second-order valence-electron chi connectivity index (χ2n) is 11.2. The van der Waals surface area contributed by atoms with Gasteiger partial charge in [-0.2, -0.15) is 5.10 Å². The monoisotopic (exact) mass is 610 g/mol. The summed E-state index contributed by atoms with van der Waals surface area (Å²) in [5.41, 5.74) is 2.11. The van der Waals surface area contributed by atoms with E-state index in [2.05, 4.69) is 15.4 Å². The number of carbonyl (C=O) groups is 3. The molecule has 0 unspecified atom stereocenters. The highest BCUT2D eigenvalue weighted by atomic mass is 16.5. The SMILES string of the molecule is CCOc1cc(C(=O)[C@@H]2C(=O)c3cc(-c4cncc(C(=O)O)c4)ccc3OC23CCNCC3)cc(OCC)c1-c1cnn(C)c1. The first-order valence-corrected chi connectivity index (χ1v) is 15.0. The Labute approximate surface area is 260 Å². The van der Waals surface area contributed by atoms with E-state index >= 15 is 0 Å².